The molecule has 6 nitrogen and oxygen atoms in total. The highest BCUT2D eigenvalue weighted by Crippen LogP contribution is 2.35. The fourth-order valence-corrected chi connectivity index (χ4v) is 4.01. The van der Waals surface area contributed by atoms with Crippen molar-refractivity contribution in [3.63, 3.8) is 0 Å². The SMILES string of the molecule is Cc1ccc(-c2nc(C(=O)Nc3cccc(Cl)c3N3CCOCC3)cs2)o1. The number of nitrogens with zero attached hydrogens (tertiary/aromatic N) is 2. The van der Waals surface area contributed by atoms with Crippen molar-refractivity contribution >= 4 is 40.2 Å². The molecule has 1 saturated heterocycles. The van der Waals surface area contributed by atoms with Crippen LogP contribution in [0.2, 0.25) is 5.02 Å². The molecule has 0 radical (unpaired) electrons. The van der Waals surface area contributed by atoms with E-state index in [-0.39, 0.29) is 5.91 Å². The molecule has 0 saturated carbocycles. The predicted octanol–water partition coefficient (Wildman–Crippen LogP) is 4.45. The number of nitrogens with one attached hydrogen (secondary N) is 1. The third-order valence-electron chi connectivity index (χ3n) is 4.25. The lowest BCUT2D eigenvalue weighted by Crippen LogP contribution is -2.37. The summed E-state index contributed by atoms with van der Waals surface area (Å²) >= 11 is 7.79. The summed E-state index contributed by atoms with van der Waals surface area (Å²) < 4.78 is 11.0. The summed E-state index contributed by atoms with van der Waals surface area (Å²) in [6, 6.07) is 9.21. The smallest absolute Gasteiger partial charge is 0.275 e. The van der Waals surface area contributed by atoms with Crippen LogP contribution in [0.3, 0.4) is 0 Å². The van der Waals surface area contributed by atoms with Gasteiger partial charge in [-0.05, 0) is 31.2 Å². The molecule has 3 heterocycles. The highest BCUT2D eigenvalue weighted by molar-refractivity contribution is 7.13. The first-order valence-electron chi connectivity index (χ1n) is 8.57. The van der Waals surface area contributed by atoms with Crippen LogP contribution in [0.4, 0.5) is 11.4 Å². The van der Waals surface area contributed by atoms with Crippen molar-refractivity contribution in [1.82, 2.24) is 4.98 Å². The lowest BCUT2D eigenvalue weighted by molar-refractivity contribution is 0.102. The van der Waals surface area contributed by atoms with Gasteiger partial charge in [-0.15, -0.1) is 11.3 Å². The number of aromatic nitrogens is 1. The van der Waals surface area contributed by atoms with E-state index < -0.39 is 0 Å². The third kappa shape index (κ3) is 3.85. The minimum atomic E-state index is -0.280. The normalized spacial score (nSPS) is 14.4. The first kappa shape index (κ1) is 18.0. The van der Waals surface area contributed by atoms with Gasteiger partial charge in [0.05, 0.1) is 29.6 Å². The summed E-state index contributed by atoms with van der Waals surface area (Å²) in [5.41, 5.74) is 1.82. The van der Waals surface area contributed by atoms with E-state index in [0.29, 0.717) is 40.4 Å². The zero-order chi connectivity index (χ0) is 18.8. The van der Waals surface area contributed by atoms with Crippen molar-refractivity contribution in [3.8, 4) is 10.8 Å². The number of carbonyl (C=O) groups is 1. The van der Waals surface area contributed by atoms with Gasteiger partial charge in [0.1, 0.15) is 11.5 Å². The molecule has 8 heteroatoms. The van der Waals surface area contributed by atoms with Crippen LogP contribution in [0.5, 0.6) is 0 Å². The van der Waals surface area contributed by atoms with E-state index in [9.17, 15) is 4.79 Å². The minimum Gasteiger partial charge on any atom is -0.459 e. The molecule has 4 rings (SSSR count). The Bertz CT molecular complexity index is 963. The molecule has 1 amide bonds. The van der Waals surface area contributed by atoms with Gasteiger partial charge in [0, 0.05) is 18.5 Å². The van der Waals surface area contributed by atoms with Crippen LogP contribution in [0, 0.1) is 6.92 Å². The number of carbonyl (C=O) groups excluding carboxylic acids is 1. The number of furan rings is 1. The molecular weight excluding hydrogens is 386 g/mol. The topological polar surface area (TPSA) is 67.6 Å². The number of morpholine rings is 1. The maximum atomic E-state index is 12.7. The second kappa shape index (κ2) is 7.72. The maximum Gasteiger partial charge on any atom is 0.275 e. The fraction of sp³-hybridized carbons (Fsp3) is 0.263. The first-order chi connectivity index (χ1) is 13.1. The van der Waals surface area contributed by atoms with Crippen LogP contribution < -0.4 is 10.2 Å². The number of para-hydroxylation sites is 1. The van der Waals surface area contributed by atoms with Crippen molar-refractivity contribution in [2.24, 2.45) is 0 Å². The highest BCUT2D eigenvalue weighted by Gasteiger charge is 2.20. The van der Waals surface area contributed by atoms with E-state index in [2.05, 4.69) is 15.2 Å². The molecule has 1 aromatic carbocycles. The second-order valence-corrected chi connectivity index (χ2v) is 7.40. The Kier molecular flexibility index (Phi) is 5.15. The first-order valence-corrected chi connectivity index (χ1v) is 9.82. The Labute approximate surface area is 165 Å². The van der Waals surface area contributed by atoms with Gasteiger partial charge in [-0.1, -0.05) is 17.7 Å². The maximum absolute atomic E-state index is 12.7. The summed E-state index contributed by atoms with van der Waals surface area (Å²) in [6.45, 7) is 4.60. The molecule has 1 fully saturated rings. The van der Waals surface area contributed by atoms with E-state index in [4.69, 9.17) is 20.8 Å². The largest absolute Gasteiger partial charge is 0.459 e. The molecule has 2 aromatic heterocycles. The molecule has 140 valence electrons. The molecule has 0 atom stereocenters. The number of benzene rings is 1. The predicted molar refractivity (Wildman–Crippen MR) is 107 cm³/mol. The van der Waals surface area contributed by atoms with Gasteiger partial charge in [-0.25, -0.2) is 4.98 Å². The third-order valence-corrected chi connectivity index (χ3v) is 5.41. The van der Waals surface area contributed by atoms with Crippen molar-refractivity contribution in [1.29, 1.82) is 0 Å². The molecule has 27 heavy (non-hydrogen) atoms. The second-order valence-electron chi connectivity index (χ2n) is 6.14. The minimum absolute atomic E-state index is 0.280. The Morgan fingerprint density at radius 3 is 2.81 bits per heavy atom. The summed E-state index contributed by atoms with van der Waals surface area (Å²) in [5, 5.41) is 5.94. The molecular formula is C19H18ClN3O3S. The Balaban J connectivity index is 1.56. The lowest BCUT2D eigenvalue weighted by atomic mass is 10.2. The molecule has 1 aliphatic rings. The monoisotopic (exact) mass is 403 g/mol. The van der Waals surface area contributed by atoms with E-state index in [0.717, 1.165) is 24.5 Å². The van der Waals surface area contributed by atoms with Gasteiger partial charge in [-0.2, -0.15) is 0 Å². The number of halogens is 1. The van der Waals surface area contributed by atoms with Gasteiger partial charge in [0.2, 0.25) is 0 Å². The van der Waals surface area contributed by atoms with Crippen LogP contribution in [0.1, 0.15) is 16.2 Å². The molecule has 1 aliphatic heterocycles. The van der Waals surface area contributed by atoms with E-state index in [1.54, 1.807) is 5.38 Å². The van der Waals surface area contributed by atoms with E-state index in [1.165, 1.54) is 11.3 Å². The zero-order valence-electron chi connectivity index (χ0n) is 14.7. The quantitative estimate of drug-likeness (QED) is 0.696. The van der Waals surface area contributed by atoms with Crippen LogP contribution >= 0.6 is 22.9 Å². The number of aryl methyl sites for hydroxylation is 1. The fourth-order valence-electron chi connectivity index (χ4n) is 2.95. The molecule has 0 bridgehead atoms. The number of thiazole rings is 1. The number of ether oxygens (including phenoxy) is 1. The number of hydrogen-bond donors (Lipinski definition) is 1. The standard InChI is InChI=1S/C19H18ClN3O3S/c1-12-5-6-16(26-12)19-22-15(11-27-19)18(24)21-14-4-2-3-13(20)17(14)23-7-9-25-10-8-23/h2-6,11H,7-10H2,1H3,(H,21,24). The summed E-state index contributed by atoms with van der Waals surface area (Å²) in [7, 11) is 0. The van der Waals surface area contributed by atoms with E-state index >= 15 is 0 Å². The Hall–Kier alpha value is -2.35. The molecule has 1 N–H and O–H groups in total. The van der Waals surface area contributed by atoms with Crippen molar-refractivity contribution in [2.75, 3.05) is 36.5 Å². The van der Waals surface area contributed by atoms with Crippen molar-refractivity contribution in [2.45, 2.75) is 6.92 Å². The summed E-state index contributed by atoms with van der Waals surface area (Å²) in [5.74, 6) is 1.19. The molecule has 0 spiro atoms. The summed E-state index contributed by atoms with van der Waals surface area (Å²) in [6.07, 6.45) is 0. The number of amides is 1. The van der Waals surface area contributed by atoms with Crippen molar-refractivity contribution in [3.05, 3.63) is 52.2 Å². The highest BCUT2D eigenvalue weighted by atomic mass is 35.5. The molecule has 3 aromatic rings. The van der Waals surface area contributed by atoms with Crippen LogP contribution in [-0.2, 0) is 4.74 Å². The average Bonchev–Trinajstić information content (AvgIpc) is 3.31. The number of hydrogen-bond acceptors (Lipinski definition) is 6. The Morgan fingerprint density at radius 1 is 1.26 bits per heavy atom. The number of rotatable bonds is 4. The van der Waals surface area contributed by atoms with Crippen LogP contribution in [0.25, 0.3) is 10.8 Å². The lowest BCUT2D eigenvalue weighted by Gasteiger charge is -2.31. The van der Waals surface area contributed by atoms with Gasteiger partial charge in [0.15, 0.2) is 10.8 Å². The zero-order valence-corrected chi connectivity index (χ0v) is 16.3. The Morgan fingerprint density at radius 2 is 2.07 bits per heavy atom. The molecule has 0 aliphatic carbocycles. The summed E-state index contributed by atoms with van der Waals surface area (Å²) in [4.78, 5) is 19.3. The van der Waals surface area contributed by atoms with Gasteiger partial charge in [0.25, 0.3) is 5.91 Å². The van der Waals surface area contributed by atoms with Crippen LogP contribution in [0.15, 0.2) is 40.1 Å². The van der Waals surface area contributed by atoms with Crippen molar-refractivity contribution < 1.29 is 13.9 Å². The van der Waals surface area contributed by atoms with Crippen LogP contribution in [-0.4, -0.2) is 37.2 Å². The van der Waals surface area contributed by atoms with Gasteiger partial charge < -0.3 is 19.4 Å². The van der Waals surface area contributed by atoms with Gasteiger partial charge in [-0.3, -0.25) is 4.79 Å². The number of anilines is 2. The van der Waals surface area contributed by atoms with Gasteiger partial charge >= 0.3 is 0 Å². The average molecular weight is 404 g/mol. The van der Waals surface area contributed by atoms with E-state index in [1.807, 2.05) is 37.3 Å². The molecule has 0 unspecified atom stereocenters.